The number of aromatic hydroxyl groups is 1. The van der Waals surface area contributed by atoms with Crippen LogP contribution < -0.4 is 10.2 Å². The first-order valence-electron chi connectivity index (χ1n) is 7.48. The van der Waals surface area contributed by atoms with Gasteiger partial charge in [0, 0.05) is 31.9 Å². The maximum Gasteiger partial charge on any atom is 0.321 e. The van der Waals surface area contributed by atoms with Crippen molar-refractivity contribution in [3.63, 3.8) is 0 Å². The molecule has 0 radical (unpaired) electrons. The van der Waals surface area contributed by atoms with Crippen LogP contribution in [0.2, 0.25) is 0 Å². The fraction of sp³-hybridized carbons (Fsp3) is 0.235. The number of anilines is 2. The Bertz CT molecular complexity index is 682. The molecule has 2 N–H and O–H groups in total. The third-order valence-corrected chi connectivity index (χ3v) is 3.88. The van der Waals surface area contributed by atoms with E-state index in [1.807, 2.05) is 12.1 Å². The SMILES string of the molecule is O=C(Nc1ccc(F)cc1)N1CCN(c2ccccc2O)CC1. The largest absolute Gasteiger partial charge is 0.506 e. The van der Waals surface area contributed by atoms with Crippen molar-refractivity contribution in [3.05, 3.63) is 54.3 Å². The summed E-state index contributed by atoms with van der Waals surface area (Å²) < 4.78 is 12.9. The number of urea groups is 1. The smallest absolute Gasteiger partial charge is 0.321 e. The van der Waals surface area contributed by atoms with E-state index in [4.69, 9.17) is 0 Å². The van der Waals surface area contributed by atoms with Crippen LogP contribution in [0.4, 0.5) is 20.6 Å². The summed E-state index contributed by atoms with van der Waals surface area (Å²) in [4.78, 5) is 16.0. The van der Waals surface area contributed by atoms with Gasteiger partial charge in [-0.25, -0.2) is 9.18 Å². The van der Waals surface area contributed by atoms with Crippen molar-refractivity contribution >= 4 is 17.4 Å². The fourth-order valence-electron chi connectivity index (χ4n) is 2.62. The number of benzene rings is 2. The summed E-state index contributed by atoms with van der Waals surface area (Å²) in [5.41, 5.74) is 1.35. The van der Waals surface area contributed by atoms with E-state index in [0.29, 0.717) is 31.9 Å². The summed E-state index contributed by atoms with van der Waals surface area (Å²) in [7, 11) is 0. The van der Waals surface area contributed by atoms with Gasteiger partial charge in [0.05, 0.1) is 5.69 Å². The molecule has 120 valence electrons. The van der Waals surface area contributed by atoms with Crippen LogP contribution >= 0.6 is 0 Å². The molecule has 1 saturated heterocycles. The van der Waals surface area contributed by atoms with Crippen molar-refractivity contribution in [2.45, 2.75) is 0 Å². The van der Waals surface area contributed by atoms with Gasteiger partial charge in [-0.15, -0.1) is 0 Å². The van der Waals surface area contributed by atoms with Gasteiger partial charge in [0.1, 0.15) is 11.6 Å². The third kappa shape index (κ3) is 3.53. The molecule has 5 nitrogen and oxygen atoms in total. The van der Waals surface area contributed by atoms with Crippen LogP contribution in [0.5, 0.6) is 5.75 Å². The first-order chi connectivity index (χ1) is 11.1. The number of phenolic OH excluding ortho intramolecular Hbond substituents is 1. The molecule has 1 aliphatic rings. The topological polar surface area (TPSA) is 55.8 Å². The predicted molar refractivity (Wildman–Crippen MR) is 87.3 cm³/mol. The zero-order valence-corrected chi connectivity index (χ0v) is 12.6. The van der Waals surface area contributed by atoms with E-state index >= 15 is 0 Å². The van der Waals surface area contributed by atoms with E-state index in [2.05, 4.69) is 10.2 Å². The van der Waals surface area contributed by atoms with E-state index in [0.717, 1.165) is 5.69 Å². The Morgan fingerprint density at radius 1 is 1.00 bits per heavy atom. The zero-order chi connectivity index (χ0) is 16.2. The Hall–Kier alpha value is -2.76. The lowest BCUT2D eigenvalue weighted by Crippen LogP contribution is -2.50. The molecule has 2 aromatic rings. The van der Waals surface area contributed by atoms with Gasteiger partial charge < -0.3 is 20.2 Å². The second kappa shape index (κ2) is 6.56. The Morgan fingerprint density at radius 2 is 1.65 bits per heavy atom. The summed E-state index contributed by atoms with van der Waals surface area (Å²) in [6.07, 6.45) is 0. The Balaban J connectivity index is 1.57. The quantitative estimate of drug-likeness (QED) is 0.896. The maximum absolute atomic E-state index is 12.9. The number of rotatable bonds is 2. The second-order valence-electron chi connectivity index (χ2n) is 5.40. The normalized spacial score (nSPS) is 14.7. The minimum absolute atomic E-state index is 0.200. The summed E-state index contributed by atoms with van der Waals surface area (Å²) in [5, 5.41) is 12.6. The Morgan fingerprint density at radius 3 is 2.30 bits per heavy atom. The molecule has 1 heterocycles. The average Bonchev–Trinajstić information content (AvgIpc) is 2.57. The van der Waals surface area contributed by atoms with Crippen LogP contribution in [0.1, 0.15) is 0 Å². The fourth-order valence-corrected chi connectivity index (χ4v) is 2.62. The van der Waals surface area contributed by atoms with E-state index in [1.165, 1.54) is 24.3 Å². The average molecular weight is 315 g/mol. The molecular weight excluding hydrogens is 297 g/mol. The number of nitrogens with one attached hydrogen (secondary N) is 1. The molecule has 0 spiro atoms. The highest BCUT2D eigenvalue weighted by molar-refractivity contribution is 5.89. The van der Waals surface area contributed by atoms with Crippen LogP contribution in [0.3, 0.4) is 0 Å². The summed E-state index contributed by atoms with van der Waals surface area (Å²) in [6.45, 7) is 2.41. The van der Waals surface area contributed by atoms with Crippen LogP contribution in [-0.2, 0) is 0 Å². The third-order valence-electron chi connectivity index (χ3n) is 3.88. The van der Waals surface area contributed by atoms with Crippen molar-refractivity contribution in [2.75, 3.05) is 36.4 Å². The van der Waals surface area contributed by atoms with Crippen molar-refractivity contribution < 1.29 is 14.3 Å². The lowest BCUT2D eigenvalue weighted by molar-refractivity contribution is 0.208. The van der Waals surface area contributed by atoms with Crippen LogP contribution in [0, 0.1) is 5.82 Å². The molecule has 0 aliphatic carbocycles. The zero-order valence-electron chi connectivity index (χ0n) is 12.6. The van der Waals surface area contributed by atoms with Crippen molar-refractivity contribution in [2.24, 2.45) is 0 Å². The van der Waals surface area contributed by atoms with Crippen LogP contribution in [0.25, 0.3) is 0 Å². The minimum atomic E-state index is -0.334. The van der Waals surface area contributed by atoms with Gasteiger partial charge in [0.25, 0.3) is 0 Å². The van der Waals surface area contributed by atoms with Crippen LogP contribution in [0.15, 0.2) is 48.5 Å². The van der Waals surface area contributed by atoms with Gasteiger partial charge in [-0.05, 0) is 36.4 Å². The van der Waals surface area contributed by atoms with Gasteiger partial charge in [-0.2, -0.15) is 0 Å². The lowest BCUT2D eigenvalue weighted by Gasteiger charge is -2.36. The number of halogens is 1. The summed E-state index contributed by atoms with van der Waals surface area (Å²) >= 11 is 0. The number of hydrogen-bond donors (Lipinski definition) is 2. The Kier molecular flexibility index (Phi) is 4.32. The van der Waals surface area contributed by atoms with E-state index in [-0.39, 0.29) is 17.6 Å². The molecule has 0 atom stereocenters. The monoisotopic (exact) mass is 315 g/mol. The Labute approximate surface area is 133 Å². The number of para-hydroxylation sites is 2. The van der Waals surface area contributed by atoms with Gasteiger partial charge >= 0.3 is 6.03 Å². The molecule has 0 unspecified atom stereocenters. The summed E-state index contributed by atoms with van der Waals surface area (Å²) in [5.74, 6) is -0.0870. The highest BCUT2D eigenvalue weighted by Crippen LogP contribution is 2.27. The molecule has 0 bridgehead atoms. The first kappa shape index (κ1) is 15.1. The molecule has 2 amide bonds. The van der Waals surface area contributed by atoms with E-state index in [9.17, 15) is 14.3 Å². The van der Waals surface area contributed by atoms with Gasteiger partial charge in [-0.3, -0.25) is 0 Å². The standard InChI is InChI=1S/C17H18FN3O2/c18-13-5-7-14(8-6-13)19-17(23)21-11-9-20(10-12-21)15-3-1-2-4-16(15)22/h1-8,22H,9-12H2,(H,19,23). The first-order valence-corrected chi connectivity index (χ1v) is 7.48. The molecule has 23 heavy (non-hydrogen) atoms. The van der Waals surface area contributed by atoms with Crippen molar-refractivity contribution in [1.29, 1.82) is 0 Å². The lowest BCUT2D eigenvalue weighted by atomic mass is 10.2. The predicted octanol–water partition coefficient (Wildman–Crippen LogP) is 2.89. The molecule has 2 aromatic carbocycles. The number of carbonyl (C=O) groups excluding carboxylic acids is 1. The number of hydrogen-bond acceptors (Lipinski definition) is 3. The molecular formula is C17H18FN3O2. The number of piperazine rings is 1. The van der Waals surface area contributed by atoms with E-state index in [1.54, 1.807) is 17.0 Å². The molecule has 3 rings (SSSR count). The van der Waals surface area contributed by atoms with E-state index < -0.39 is 0 Å². The number of carbonyl (C=O) groups is 1. The molecule has 0 saturated carbocycles. The van der Waals surface area contributed by atoms with Gasteiger partial charge in [0.15, 0.2) is 0 Å². The molecule has 6 heteroatoms. The second-order valence-corrected chi connectivity index (χ2v) is 5.40. The van der Waals surface area contributed by atoms with Crippen LogP contribution in [-0.4, -0.2) is 42.2 Å². The number of phenols is 1. The van der Waals surface area contributed by atoms with Crippen molar-refractivity contribution in [1.82, 2.24) is 4.90 Å². The molecule has 1 aliphatic heterocycles. The van der Waals surface area contributed by atoms with Gasteiger partial charge in [-0.1, -0.05) is 12.1 Å². The number of amides is 2. The highest BCUT2D eigenvalue weighted by atomic mass is 19.1. The highest BCUT2D eigenvalue weighted by Gasteiger charge is 2.22. The summed E-state index contributed by atoms with van der Waals surface area (Å²) in [6, 6.07) is 12.7. The molecule has 0 aromatic heterocycles. The molecule has 1 fully saturated rings. The minimum Gasteiger partial charge on any atom is -0.506 e. The van der Waals surface area contributed by atoms with Crippen molar-refractivity contribution in [3.8, 4) is 5.75 Å². The van der Waals surface area contributed by atoms with Gasteiger partial charge in [0.2, 0.25) is 0 Å². The number of nitrogens with zero attached hydrogens (tertiary/aromatic N) is 2. The maximum atomic E-state index is 12.9.